The summed E-state index contributed by atoms with van der Waals surface area (Å²) in [4.78, 5) is 17.4. The molecular formula is C19H28N3O+. The second kappa shape index (κ2) is 6.60. The van der Waals surface area contributed by atoms with E-state index in [9.17, 15) is 4.79 Å². The van der Waals surface area contributed by atoms with Crippen LogP contribution in [0.15, 0.2) is 0 Å². The first-order valence-electron chi connectivity index (χ1n) is 9.48. The average Bonchev–Trinajstić information content (AvgIpc) is 3.22. The number of pyridine rings is 1. The molecule has 0 aliphatic heterocycles. The Balaban J connectivity index is 1.45. The van der Waals surface area contributed by atoms with E-state index in [2.05, 4.69) is 10.6 Å². The first-order chi connectivity index (χ1) is 11.3. The van der Waals surface area contributed by atoms with Crippen LogP contribution in [-0.2, 0) is 30.5 Å². The molecule has 0 spiro atoms. The van der Waals surface area contributed by atoms with Crippen molar-refractivity contribution in [1.82, 2.24) is 4.98 Å². The van der Waals surface area contributed by atoms with E-state index in [1.165, 1.54) is 67.5 Å². The maximum absolute atomic E-state index is 12.5. The van der Waals surface area contributed by atoms with Crippen LogP contribution in [0.5, 0.6) is 0 Å². The maximum atomic E-state index is 12.5. The van der Waals surface area contributed by atoms with Crippen molar-refractivity contribution >= 4 is 11.6 Å². The standard InChI is InChI=1S/C19H27N3O/c23-18(12-20-13-6-2-1-3-7-13)22-19-14-8-4-10-16(14)21-17-11-5-9-15(17)19/h13,20H,1-12H2,(H,21,22,23)/p+1. The Hall–Kier alpha value is -1.42. The van der Waals surface area contributed by atoms with Gasteiger partial charge >= 0.3 is 0 Å². The zero-order valence-corrected chi connectivity index (χ0v) is 14.0. The fourth-order valence-electron chi connectivity index (χ4n) is 4.57. The van der Waals surface area contributed by atoms with Gasteiger partial charge in [-0.05, 0) is 75.3 Å². The lowest BCUT2D eigenvalue weighted by Crippen LogP contribution is -2.91. The highest BCUT2D eigenvalue weighted by molar-refractivity contribution is 5.93. The molecule has 0 radical (unpaired) electrons. The molecule has 1 fully saturated rings. The number of nitrogens with zero attached hydrogens (tertiary/aromatic N) is 1. The third kappa shape index (κ3) is 3.14. The van der Waals surface area contributed by atoms with Crippen LogP contribution in [0, 0.1) is 0 Å². The number of rotatable bonds is 4. The summed E-state index contributed by atoms with van der Waals surface area (Å²) in [5, 5.41) is 5.53. The van der Waals surface area contributed by atoms with Gasteiger partial charge in [0, 0.05) is 11.4 Å². The minimum Gasteiger partial charge on any atom is -0.336 e. The second-order valence-electron chi connectivity index (χ2n) is 7.43. The molecule has 1 heterocycles. The summed E-state index contributed by atoms with van der Waals surface area (Å²) in [6.07, 6.45) is 13.3. The first-order valence-corrected chi connectivity index (χ1v) is 9.48. The number of carbonyl (C=O) groups excluding carboxylic acids is 1. The van der Waals surface area contributed by atoms with Gasteiger partial charge in [-0.2, -0.15) is 0 Å². The van der Waals surface area contributed by atoms with Gasteiger partial charge in [0.25, 0.3) is 5.91 Å². The summed E-state index contributed by atoms with van der Waals surface area (Å²) >= 11 is 0. The van der Waals surface area contributed by atoms with Crippen molar-refractivity contribution in [1.29, 1.82) is 0 Å². The molecule has 0 bridgehead atoms. The highest BCUT2D eigenvalue weighted by Crippen LogP contribution is 2.36. The third-order valence-corrected chi connectivity index (χ3v) is 5.80. The Labute approximate surface area is 138 Å². The monoisotopic (exact) mass is 314 g/mol. The van der Waals surface area contributed by atoms with E-state index in [0.29, 0.717) is 12.6 Å². The largest absolute Gasteiger partial charge is 0.336 e. The molecule has 1 amide bonds. The number of hydrogen-bond acceptors (Lipinski definition) is 2. The third-order valence-electron chi connectivity index (χ3n) is 5.80. The van der Waals surface area contributed by atoms with Crippen LogP contribution >= 0.6 is 0 Å². The molecule has 4 nitrogen and oxygen atoms in total. The summed E-state index contributed by atoms with van der Waals surface area (Å²) in [5.41, 5.74) is 6.30. The van der Waals surface area contributed by atoms with Gasteiger partial charge in [-0.3, -0.25) is 9.78 Å². The number of anilines is 1. The fraction of sp³-hybridized carbons (Fsp3) is 0.684. The smallest absolute Gasteiger partial charge is 0.279 e. The molecule has 1 saturated carbocycles. The van der Waals surface area contributed by atoms with E-state index >= 15 is 0 Å². The molecule has 3 aliphatic rings. The van der Waals surface area contributed by atoms with Gasteiger partial charge in [0.15, 0.2) is 6.54 Å². The average molecular weight is 314 g/mol. The van der Waals surface area contributed by atoms with Crippen LogP contribution in [0.4, 0.5) is 5.69 Å². The molecule has 23 heavy (non-hydrogen) atoms. The second-order valence-corrected chi connectivity index (χ2v) is 7.43. The topological polar surface area (TPSA) is 58.6 Å². The van der Waals surface area contributed by atoms with Crippen LogP contribution < -0.4 is 10.6 Å². The van der Waals surface area contributed by atoms with Crippen molar-refractivity contribution in [2.24, 2.45) is 0 Å². The predicted octanol–water partition coefficient (Wildman–Crippen LogP) is 1.89. The SMILES string of the molecule is O=C(C[NH2+]C1CCCCC1)Nc1c2c(nc3c1CCC3)CCC2. The van der Waals surface area contributed by atoms with E-state index < -0.39 is 0 Å². The van der Waals surface area contributed by atoms with E-state index in [4.69, 9.17) is 4.98 Å². The van der Waals surface area contributed by atoms with Gasteiger partial charge in [0.05, 0.1) is 11.7 Å². The van der Waals surface area contributed by atoms with Crippen LogP contribution in [0.2, 0.25) is 0 Å². The van der Waals surface area contributed by atoms with Crippen LogP contribution in [0.1, 0.15) is 67.5 Å². The molecule has 3 N–H and O–H groups in total. The fourth-order valence-corrected chi connectivity index (χ4v) is 4.57. The lowest BCUT2D eigenvalue weighted by atomic mass is 9.95. The number of aromatic nitrogens is 1. The van der Waals surface area contributed by atoms with Crippen molar-refractivity contribution in [2.45, 2.75) is 76.7 Å². The summed E-state index contributed by atoms with van der Waals surface area (Å²) < 4.78 is 0. The molecule has 0 aromatic carbocycles. The lowest BCUT2D eigenvalue weighted by molar-refractivity contribution is -0.681. The maximum Gasteiger partial charge on any atom is 0.279 e. The Kier molecular flexibility index (Phi) is 4.34. The van der Waals surface area contributed by atoms with Crippen molar-refractivity contribution in [3.05, 3.63) is 22.5 Å². The number of quaternary nitrogens is 1. The van der Waals surface area contributed by atoms with Gasteiger partial charge in [-0.1, -0.05) is 6.42 Å². The van der Waals surface area contributed by atoms with E-state index in [-0.39, 0.29) is 5.91 Å². The summed E-state index contributed by atoms with van der Waals surface area (Å²) in [6.45, 7) is 0.566. The summed E-state index contributed by atoms with van der Waals surface area (Å²) in [5.74, 6) is 0.171. The van der Waals surface area contributed by atoms with Crippen molar-refractivity contribution < 1.29 is 10.1 Å². The van der Waals surface area contributed by atoms with Gasteiger partial charge in [0.2, 0.25) is 0 Å². The van der Waals surface area contributed by atoms with E-state index in [1.807, 2.05) is 0 Å². The molecule has 1 aromatic rings. The minimum absolute atomic E-state index is 0.171. The molecule has 0 saturated heterocycles. The molecule has 0 atom stereocenters. The number of hydrogen-bond donors (Lipinski definition) is 2. The van der Waals surface area contributed by atoms with Gasteiger partial charge in [0.1, 0.15) is 0 Å². The zero-order chi connectivity index (χ0) is 15.6. The molecule has 3 aliphatic carbocycles. The molecule has 4 heteroatoms. The van der Waals surface area contributed by atoms with Gasteiger partial charge in [-0.15, -0.1) is 0 Å². The Bertz CT molecular complexity index is 573. The Morgan fingerprint density at radius 1 is 0.957 bits per heavy atom. The molecule has 124 valence electrons. The highest BCUT2D eigenvalue weighted by Gasteiger charge is 2.27. The number of fused-ring (bicyclic) bond motifs is 2. The summed E-state index contributed by atoms with van der Waals surface area (Å²) in [6, 6.07) is 0.656. The number of nitrogens with one attached hydrogen (secondary N) is 1. The number of amides is 1. The normalized spacial score (nSPS) is 20.3. The van der Waals surface area contributed by atoms with Crippen molar-refractivity contribution in [2.75, 3.05) is 11.9 Å². The van der Waals surface area contributed by atoms with Gasteiger partial charge < -0.3 is 10.6 Å². The summed E-state index contributed by atoms with van der Waals surface area (Å²) in [7, 11) is 0. The Morgan fingerprint density at radius 3 is 2.26 bits per heavy atom. The lowest BCUT2D eigenvalue weighted by Gasteiger charge is -2.20. The van der Waals surface area contributed by atoms with Crippen LogP contribution in [0.25, 0.3) is 0 Å². The van der Waals surface area contributed by atoms with E-state index in [0.717, 1.165) is 31.4 Å². The van der Waals surface area contributed by atoms with Crippen LogP contribution in [-0.4, -0.2) is 23.5 Å². The number of nitrogens with two attached hydrogens (primary N) is 1. The molecular weight excluding hydrogens is 286 g/mol. The molecule has 4 rings (SSSR count). The predicted molar refractivity (Wildman–Crippen MR) is 90.6 cm³/mol. The number of carbonyl (C=O) groups is 1. The number of aryl methyl sites for hydroxylation is 2. The van der Waals surface area contributed by atoms with Crippen molar-refractivity contribution in [3.8, 4) is 0 Å². The quantitative estimate of drug-likeness (QED) is 0.892. The van der Waals surface area contributed by atoms with E-state index in [1.54, 1.807) is 0 Å². The van der Waals surface area contributed by atoms with Crippen LogP contribution in [0.3, 0.4) is 0 Å². The highest BCUT2D eigenvalue weighted by atomic mass is 16.1. The Morgan fingerprint density at radius 2 is 1.61 bits per heavy atom. The molecule has 1 aromatic heterocycles. The van der Waals surface area contributed by atoms with Gasteiger partial charge in [-0.25, -0.2) is 0 Å². The van der Waals surface area contributed by atoms with Crippen molar-refractivity contribution in [3.63, 3.8) is 0 Å². The first kappa shape index (κ1) is 15.1. The zero-order valence-electron chi connectivity index (χ0n) is 14.0. The molecule has 0 unspecified atom stereocenters. The minimum atomic E-state index is 0.171.